The molecule has 0 aromatic heterocycles. The Morgan fingerprint density at radius 3 is 2.81 bits per heavy atom. The number of hydrogen-bond acceptors (Lipinski definition) is 4. The highest BCUT2D eigenvalue weighted by Crippen LogP contribution is 2.34. The minimum Gasteiger partial charge on any atom is -0.486 e. The van der Waals surface area contributed by atoms with E-state index in [-0.39, 0.29) is 6.04 Å². The van der Waals surface area contributed by atoms with Crippen LogP contribution in [0, 0.1) is 5.92 Å². The van der Waals surface area contributed by atoms with Gasteiger partial charge in [-0.1, -0.05) is 13.0 Å². The third kappa shape index (κ3) is 3.33. The monoisotopic (exact) mass is 290 g/mol. The molecule has 0 saturated carbocycles. The molecule has 0 bridgehead atoms. The summed E-state index contributed by atoms with van der Waals surface area (Å²) in [5, 5.41) is 0. The summed E-state index contributed by atoms with van der Waals surface area (Å²) < 4.78 is 11.3. The van der Waals surface area contributed by atoms with E-state index in [2.05, 4.69) is 24.0 Å². The molecule has 2 heterocycles. The summed E-state index contributed by atoms with van der Waals surface area (Å²) in [6.07, 6.45) is 3.86. The molecule has 1 fully saturated rings. The first-order chi connectivity index (χ1) is 10.3. The first-order valence-corrected chi connectivity index (χ1v) is 8.11. The second-order valence-corrected chi connectivity index (χ2v) is 6.23. The van der Waals surface area contributed by atoms with E-state index in [4.69, 9.17) is 15.2 Å². The van der Waals surface area contributed by atoms with Gasteiger partial charge in [0.1, 0.15) is 13.2 Å². The van der Waals surface area contributed by atoms with E-state index in [9.17, 15) is 0 Å². The van der Waals surface area contributed by atoms with Crippen molar-refractivity contribution in [1.82, 2.24) is 4.90 Å². The van der Waals surface area contributed by atoms with Gasteiger partial charge in [-0.05, 0) is 56.0 Å². The number of nitrogens with two attached hydrogens (primary N) is 1. The largest absolute Gasteiger partial charge is 0.486 e. The molecule has 2 atom stereocenters. The van der Waals surface area contributed by atoms with Crippen LogP contribution in [0.2, 0.25) is 0 Å². The predicted octanol–water partition coefficient (Wildman–Crippen LogP) is 2.58. The molecule has 116 valence electrons. The van der Waals surface area contributed by atoms with E-state index in [1.807, 2.05) is 6.07 Å². The molecule has 2 aliphatic rings. The summed E-state index contributed by atoms with van der Waals surface area (Å²) in [4.78, 5) is 2.54. The lowest BCUT2D eigenvalue weighted by atomic mass is 10.0. The molecule has 3 rings (SSSR count). The Balaban J connectivity index is 1.79. The second-order valence-electron chi connectivity index (χ2n) is 6.23. The van der Waals surface area contributed by atoms with Crippen molar-refractivity contribution in [2.75, 3.05) is 32.8 Å². The van der Waals surface area contributed by atoms with Gasteiger partial charge in [0.2, 0.25) is 0 Å². The van der Waals surface area contributed by atoms with Crippen LogP contribution in [0.5, 0.6) is 11.5 Å². The van der Waals surface area contributed by atoms with Crippen molar-refractivity contribution in [2.24, 2.45) is 11.7 Å². The minimum atomic E-state index is 0.283. The molecular formula is C17H26N2O2. The average molecular weight is 290 g/mol. The van der Waals surface area contributed by atoms with E-state index in [0.717, 1.165) is 30.5 Å². The van der Waals surface area contributed by atoms with Crippen LogP contribution in [0.15, 0.2) is 18.2 Å². The van der Waals surface area contributed by atoms with Crippen LogP contribution in [0.25, 0.3) is 0 Å². The zero-order valence-electron chi connectivity index (χ0n) is 12.9. The van der Waals surface area contributed by atoms with Crippen molar-refractivity contribution < 1.29 is 9.47 Å². The Kier molecular flexibility index (Phi) is 4.66. The lowest BCUT2D eigenvalue weighted by Gasteiger charge is -2.31. The van der Waals surface area contributed by atoms with Crippen LogP contribution in [-0.4, -0.2) is 37.7 Å². The molecule has 0 amide bonds. The molecule has 0 radical (unpaired) electrons. The van der Waals surface area contributed by atoms with Crippen LogP contribution in [-0.2, 0) is 0 Å². The molecule has 2 aliphatic heterocycles. The fourth-order valence-electron chi connectivity index (χ4n) is 3.36. The van der Waals surface area contributed by atoms with Gasteiger partial charge in [0.25, 0.3) is 0 Å². The molecule has 1 aromatic rings. The van der Waals surface area contributed by atoms with Gasteiger partial charge in [-0.3, -0.25) is 4.90 Å². The second kappa shape index (κ2) is 6.67. The van der Waals surface area contributed by atoms with Crippen molar-refractivity contribution >= 4 is 0 Å². The zero-order valence-corrected chi connectivity index (χ0v) is 12.9. The van der Waals surface area contributed by atoms with Crippen LogP contribution in [0.3, 0.4) is 0 Å². The molecule has 0 aliphatic carbocycles. The van der Waals surface area contributed by atoms with Gasteiger partial charge >= 0.3 is 0 Å². The summed E-state index contributed by atoms with van der Waals surface area (Å²) >= 11 is 0. The standard InChI is InChI=1S/C17H26N2O2/c1-13-3-2-7-19(8-6-13)15(12-18)14-4-5-16-17(11-14)21-10-9-20-16/h4-5,11,13,15H,2-3,6-10,12,18H2,1H3. The Morgan fingerprint density at radius 2 is 2.00 bits per heavy atom. The molecule has 1 aromatic carbocycles. The Labute approximate surface area is 127 Å². The Hall–Kier alpha value is -1.26. The van der Waals surface area contributed by atoms with Crippen LogP contribution in [0.1, 0.15) is 37.8 Å². The normalized spacial score (nSPS) is 24.4. The van der Waals surface area contributed by atoms with Crippen LogP contribution < -0.4 is 15.2 Å². The van der Waals surface area contributed by atoms with Crippen molar-refractivity contribution in [3.8, 4) is 11.5 Å². The lowest BCUT2D eigenvalue weighted by Crippen LogP contribution is -2.34. The third-order valence-corrected chi connectivity index (χ3v) is 4.67. The van der Waals surface area contributed by atoms with Crippen molar-refractivity contribution in [2.45, 2.75) is 32.2 Å². The maximum Gasteiger partial charge on any atom is 0.161 e. The molecule has 2 unspecified atom stereocenters. The molecule has 4 heteroatoms. The molecule has 21 heavy (non-hydrogen) atoms. The summed E-state index contributed by atoms with van der Waals surface area (Å²) in [5.74, 6) is 2.54. The van der Waals surface area contributed by atoms with E-state index < -0.39 is 0 Å². The van der Waals surface area contributed by atoms with E-state index >= 15 is 0 Å². The number of hydrogen-bond donors (Lipinski definition) is 1. The highest BCUT2D eigenvalue weighted by molar-refractivity contribution is 5.44. The van der Waals surface area contributed by atoms with Gasteiger partial charge in [-0.25, -0.2) is 0 Å². The maximum absolute atomic E-state index is 6.08. The Bertz CT molecular complexity index is 478. The lowest BCUT2D eigenvalue weighted by molar-refractivity contribution is 0.169. The van der Waals surface area contributed by atoms with Gasteiger partial charge in [-0.2, -0.15) is 0 Å². The number of benzene rings is 1. The zero-order chi connectivity index (χ0) is 14.7. The number of ether oxygens (including phenoxy) is 2. The van der Waals surface area contributed by atoms with E-state index in [1.54, 1.807) is 0 Å². The average Bonchev–Trinajstić information content (AvgIpc) is 2.73. The highest BCUT2D eigenvalue weighted by Gasteiger charge is 2.23. The van der Waals surface area contributed by atoms with Gasteiger partial charge in [0.05, 0.1) is 0 Å². The van der Waals surface area contributed by atoms with E-state index in [1.165, 1.54) is 24.8 Å². The van der Waals surface area contributed by atoms with Crippen molar-refractivity contribution in [1.29, 1.82) is 0 Å². The number of likely N-dealkylation sites (tertiary alicyclic amines) is 1. The molecule has 1 saturated heterocycles. The SMILES string of the molecule is CC1CCCN(C(CN)c2ccc3c(c2)OCCO3)CC1. The van der Waals surface area contributed by atoms with Gasteiger partial charge in [-0.15, -0.1) is 0 Å². The maximum atomic E-state index is 6.08. The first-order valence-electron chi connectivity index (χ1n) is 8.11. The molecule has 4 nitrogen and oxygen atoms in total. The summed E-state index contributed by atoms with van der Waals surface area (Å²) in [7, 11) is 0. The van der Waals surface area contributed by atoms with Crippen LogP contribution >= 0.6 is 0 Å². The highest BCUT2D eigenvalue weighted by atomic mass is 16.6. The quantitative estimate of drug-likeness (QED) is 0.929. The fourth-order valence-corrected chi connectivity index (χ4v) is 3.36. The Morgan fingerprint density at radius 1 is 1.19 bits per heavy atom. The topological polar surface area (TPSA) is 47.7 Å². The number of nitrogens with zero attached hydrogens (tertiary/aromatic N) is 1. The summed E-state index contributed by atoms with van der Waals surface area (Å²) in [6.45, 7) is 6.54. The summed E-state index contributed by atoms with van der Waals surface area (Å²) in [5.41, 5.74) is 7.33. The first kappa shape index (κ1) is 14.7. The van der Waals surface area contributed by atoms with Crippen molar-refractivity contribution in [3.05, 3.63) is 23.8 Å². The number of rotatable bonds is 3. The van der Waals surface area contributed by atoms with Gasteiger partial charge in [0, 0.05) is 12.6 Å². The summed E-state index contributed by atoms with van der Waals surface area (Å²) in [6, 6.07) is 6.55. The molecular weight excluding hydrogens is 264 g/mol. The third-order valence-electron chi connectivity index (χ3n) is 4.67. The van der Waals surface area contributed by atoms with E-state index in [0.29, 0.717) is 19.8 Å². The smallest absolute Gasteiger partial charge is 0.161 e. The van der Waals surface area contributed by atoms with Gasteiger partial charge in [0.15, 0.2) is 11.5 Å². The van der Waals surface area contributed by atoms with Gasteiger partial charge < -0.3 is 15.2 Å². The minimum absolute atomic E-state index is 0.283. The molecule has 2 N–H and O–H groups in total. The predicted molar refractivity (Wildman–Crippen MR) is 83.8 cm³/mol. The molecule has 0 spiro atoms. The van der Waals surface area contributed by atoms with Crippen LogP contribution in [0.4, 0.5) is 0 Å². The van der Waals surface area contributed by atoms with Crippen molar-refractivity contribution in [3.63, 3.8) is 0 Å². The fraction of sp³-hybridized carbons (Fsp3) is 0.647. The number of fused-ring (bicyclic) bond motifs is 1.